The van der Waals surface area contributed by atoms with E-state index in [2.05, 4.69) is 4.74 Å². The van der Waals surface area contributed by atoms with Crippen LogP contribution in [-0.2, 0) is 16.1 Å². The molecule has 1 aliphatic heterocycles. The standard InChI is InChI=1S/C19H15ClF5NO3/c1-18(2)17(27)26(16(29-18)15-12(21)4-3-5-13(15)22)9-10-6-7-14(11(20)8-10)28-19(23,24)25/h3-8,16H,9H2,1-2H3. The summed E-state index contributed by atoms with van der Waals surface area (Å²) in [5.41, 5.74) is -1.47. The Labute approximate surface area is 167 Å². The highest BCUT2D eigenvalue weighted by Gasteiger charge is 2.48. The van der Waals surface area contributed by atoms with Crippen molar-refractivity contribution in [2.45, 2.75) is 38.6 Å². The van der Waals surface area contributed by atoms with E-state index in [-0.39, 0.29) is 11.6 Å². The third-order valence-electron chi connectivity index (χ3n) is 4.29. The molecule has 3 rings (SSSR count). The van der Waals surface area contributed by atoms with Crippen LogP contribution in [0.3, 0.4) is 0 Å². The number of ether oxygens (including phenoxy) is 2. The number of rotatable bonds is 4. The van der Waals surface area contributed by atoms with Gasteiger partial charge in [0.25, 0.3) is 5.91 Å². The van der Waals surface area contributed by atoms with Crippen LogP contribution in [0.15, 0.2) is 36.4 Å². The second-order valence-corrected chi connectivity index (χ2v) is 7.27. The molecule has 0 radical (unpaired) electrons. The molecule has 0 N–H and O–H groups in total. The molecule has 0 aliphatic carbocycles. The van der Waals surface area contributed by atoms with Gasteiger partial charge in [0, 0.05) is 6.54 Å². The molecule has 2 aromatic rings. The molecule has 2 aromatic carbocycles. The van der Waals surface area contributed by atoms with Crippen molar-refractivity contribution in [1.82, 2.24) is 4.90 Å². The second kappa shape index (κ2) is 7.46. The van der Waals surface area contributed by atoms with Crippen molar-refractivity contribution in [2.24, 2.45) is 0 Å². The lowest BCUT2D eigenvalue weighted by atomic mass is 10.1. The number of hydrogen-bond acceptors (Lipinski definition) is 3. The fraction of sp³-hybridized carbons (Fsp3) is 0.316. The summed E-state index contributed by atoms with van der Waals surface area (Å²) in [5.74, 6) is -2.93. The molecule has 1 amide bonds. The first-order chi connectivity index (χ1) is 13.4. The van der Waals surface area contributed by atoms with E-state index in [1.165, 1.54) is 32.0 Å². The quantitative estimate of drug-likeness (QED) is 0.607. The summed E-state index contributed by atoms with van der Waals surface area (Å²) < 4.78 is 75.1. The first-order valence-electron chi connectivity index (χ1n) is 8.36. The fourth-order valence-corrected chi connectivity index (χ4v) is 3.25. The Morgan fingerprint density at radius 2 is 1.79 bits per heavy atom. The molecule has 29 heavy (non-hydrogen) atoms. The molecule has 1 heterocycles. The molecule has 4 nitrogen and oxygen atoms in total. The molecule has 1 aliphatic rings. The van der Waals surface area contributed by atoms with E-state index < -0.39 is 47.0 Å². The number of amides is 1. The fourth-order valence-electron chi connectivity index (χ4n) is 3.01. The van der Waals surface area contributed by atoms with Crippen LogP contribution in [-0.4, -0.2) is 22.8 Å². The van der Waals surface area contributed by atoms with Gasteiger partial charge < -0.3 is 14.4 Å². The number of benzene rings is 2. The van der Waals surface area contributed by atoms with Crippen LogP contribution in [0.1, 0.15) is 31.2 Å². The lowest BCUT2D eigenvalue weighted by molar-refractivity contribution is -0.274. The van der Waals surface area contributed by atoms with Crippen molar-refractivity contribution in [3.8, 4) is 5.75 Å². The van der Waals surface area contributed by atoms with Gasteiger partial charge in [0.15, 0.2) is 6.23 Å². The van der Waals surface area contributed by atoms with E-state index in [1.807, 2.05) is 0 Å². The van der Waals surface area contributed by atoms with Crippen LogP contribution in [0.25, 0.3) is 0 Å². The lowest BCUT2D eigenvalue weighted by Crippen LogP contribution is -2.35. The maximum Gasteiger partial charge on any atom is 0.573 e. The van der Waals surface area contributed by atoms with Crippen molar-refractivity contribution in [3.05, 3.63) is 64.2 Å². The van der Waals surface area contributed by atoms with E-state index in [9.17, 15) is 26.7 Å². The van der Waals surface area contributed by atoms with Crippen LogP contribution in [0.4, 0.5) is 22.0 Å². The molecule has 156 valence electrons. The summed E-state index contributed by atoms with van der Waals surface area (Å²) in [5, 5.41) is -0.333. The summed E-state index contributed by atoms with van der Waals surface area (Å²) in [6.07, 6.45) is -6.27. The predicted molar refractivity (Wildman–Crippen MR) is 92.9 cm³/mol. The van der Waals surface area contributed by atoms with Crippen LogP contribution in [0.2, 0.25) is 5.02 Å². The molecular weight excluding hydrogens is 421 g/mol. The van der Waals surface area contributed by atoms with Crippen molar-refractivity contribution in [3.63, 3.8) is 0 Å². The average Bonchev–Trinajstić information content (AvgIpc) is 2.80. The van der Waals surface area contributed by atoms with E-state index in [0.29, 0.717) is 5.56 Å². The number of hydrogen-bond donors (Lipinski definition) is 0. The molecule has 1 atom stereocenters. The highest BCUT2D eigenvalue weighted by atomic mass is 35.5. The molecule has 0 spiro atoms. The Kier molecular flexibility index (Phi) is 5.48. The van der Waals surface area contributed by atoms with Gasteiger partial charge in [0.1, 0.15) is 23.0 Å². The highest BCUT2D eigenvalue weighted by molar-refractivity contribution is 6.32. The number of carbonyl (C=O) groups is 1. The summed E-state index contributed by atoms with van der Waals surface area (Å²) in [7, 11) is 0. The molecule has 1 fully saturated rings. The Morgan fingerprint density at radius 1 is 1.17 bits per heavy atom. The normalized spacial score (nSPS) is 19.0. The van der Waals surface area contributed by atoms with Crippen LogP contribution in [0.5, 0.6) is 5.75 Å². The minimum Gasteiger partial charge on any atom is -0.404 e. The first kappa shape index (κ1) is 21.3. The van der Waals surface area contributed by atoms with Gasteiger partial charge in [-0.15, -0.1) is 13.2 Å². The van der Waals surface area contributed by atoms with Gasteiger partial charge in [0.05, 0.1) is 10.6 Å². The topological polar surface area (TPSA) is 38.8 Å². The van der Waals surface area contributed by atoms with Gasteiger partial charge in [-0.3, -0.25) is 4.79 Å². The average molecular weight is 436 g/mol. The lowest BCUT2D eigenvalue weighted by Gasteiger charge is -2.24. The molecular formula is C19H15ClF5NO3. The van der Waals surface area contributed by atoms with Crippen molar-refractivity contribution in [1.29, 1.82) is 0 Å². The SMILES string of the molecule is CC1(C)OC(c2c(F)cccc2F)N(Cc2ccc(OC(F)(F)F)c(Cl)c2)C1=O. The zero-order valence-electron chi connectivity index (χ0n) is 15.2. The Morgan fingerprint density at radius 3 is 2.34 bits per heavy atom. The third-order valence-corrected chi connectivity index (χ3v) is 4.58. The molecule has 0 aromatic heterocycles. The molecule has 0 saturated carbocycles. The van der Waals surface area contributed by atoms with Crippen LogP contribution in [0, 0.1) is 11.6 Å². The Bertz CT molecular complexity index is 928. The highest BCUT2D eigenvalue weighted by Crippen LogP contribution is 2.40. The van der Waals surface area contributed by atoms with E-state index in [0.717, 1.165) is 23.1 Å². The van der Waals surface area contributed by atoms with E-state index >= 15 is 0 Å². The van der Waals surface area contributed by atoms with Gasteiger partial charge >= 0.3 is 6.36 Å². The van der Waals surface area contributed by atoms with Gasteiger partial charge in [0.2, 0.25) is 0 Å². The maximum atomic E-state index is 14.3. The maximum absolute atomic E-state index is 14.3. The number of halogens is 6. The van der Waals surface area contributed by atoms with E-state index in [1.54, 1.807) is 0 Å². The van der Waals surface area contributed by atoms with Gasteiger partial charge in [-0.1, -0.05) is 23.7 Å². The zero-order chi connectivity index (χ0) is 21.6. The summed E-state index contributed by atoms with van der Waals surface area (Å²) in [6, 6.07) is 6.69. The Hall–Kier alpha value is -2.39. The first-order valence-corrected chi connectivity index (χ1v) is 8.74. The second-order valence-electron chi connectivity index (χ2n) is 6.86. The smallest absolute Gasteiger partial charge is 0.404 e. The number of nitrogens with zero attached hydrogens (tertiary/aromatic N) is 1. The van der Waals surface area contributed by atoms with Crippen molar-refractivity contribution >= 4 is 17.5 Å². The van der Waals surface area contributed by atoms with Gasteiger partial charge in [-0.25, -0.2) is 8.78 Å². The minimum absolute atomic E-state index is 0.202. The molecule has 1 unspecified atom stereocenters. The van der Waals surface area contributed by atoms with Crippen LogP contribution >= 0.6 is 11.6 Å². The Balaban J connectivity index is 1.93. The van der Waals surface area contributed by atoms with Crippen molar-refractivity contribution in [2.75, 3.05) is 0 Å². The number of alkyl halides is 3. The van der Waals surface area contributed by atoms with Crippen LogP contribution < -0.4 is 4.74 Å². The zero-order valence-corrected chi connectivity index (χ0v) is 15.9. The monoisotopic (exact) mass is 435 g/mol. The van der Waals surface area contributed by atoms with E-state index in [4.69, 9.17) is 16.3 Å². The van der Waals surface area contributed by atoms with Gasteiger partial charge in [-0.2, -0.15) is 0 Å². The summed E-state index contributed by atoms with van der Waals surface area (Å²) in [4.78, 5) is 13.8. The molecule has 1 saturated heterocycles. The summed E-state index contributed by atoms with van der Waals surface area (Å²) in [6.45, 7) is 2.70. The minimum atomic E-state index is -4.92. The molecule has 10 heteroatoms. The van der Waals surface area contributed by atoms with Crippen molar-refractivity contribution < 1.29 is 36.2 Å². The molecule has 0 bridgehead atoms. The predicted octanol–water partition coefficient (Wildman–Crippen LogP) is 5.35. The largest absolute Gasteiger partial charge is 0.573 e. The van der Waals surface area contributed by atoms with Gasteiger partial charge in [-0.05, 0) is 43.7 Å². The third kappa shape index (κ3) is 4.45. The summed E-state index contributed by atoms with van der Waals surface area (Å²) >= 11 is 5.84. The number of carbonyl (C=O) groups excluding carboxylic acids is 1.